The largest absolute Gasteiger partial charge is 0.496 e. The molecular weight excluding hydrogens is 390 g/mol. The molecule has 0 saturated heterocycles. The molecule has 29 heavy (non-hydrogen) atoms. The molecule has 1 N–H and O–H groups in total. The third-order valence-electron chi connectivity index (χ3n) is 5.79. The molecule has 0 aromatic heterocycles. The highest BCUT2D eigenvalue weighted by atomic mass is 32.2. The van der Waals surface area contributed by atoms with Crippen LogP contribution in [0, 0.1) is 0 Å². The predicted molar refractivity (Wildman–Crippen MR) is 112 cm³/mol. The van der Waals surface area contributed by atoms with Crippen LogP contribution in [0.1, 0.15) is 54.4 Å². The van der Waals surface area contributed by atoms with Gasteiger partial charge in [-0.2, -0.15) is 0 Å². The Kier molecular flexibility index (Phi) is 5.44. The summed E-state index contributed by atoms with van der Waals surface area (Å²) in [6, 6.07) is 11.2. The maximum absolute atomic E-state index is 11.7. The van der Waals surface area contributed by atoms with Gasteiger partial charge in [-0.15, -0.1) is 0 Å². The fourth-order valence-electron chi connectivity index (χ4n) is 4.66. The molecular formula is C22H27NO5S. The van der Waals surface area contributed by atoms with E-state index in [2.05, 4.69) is 4.72 Å². The zero-order valence-electron chi connectivity index (χ0n) is 17.0. The van der Waals surface area contributed by atoms with Gasteiger partial charge in [-0.1, -0.05) is 25.0 Å². The molecule has 156 valence electrons. The first kappa shape index (κ1) is 20.0. The highest BCUT2D eigenvalue weighted by Gasteiger charge is 2.41. The molecule has 1 aliphatic carbocycles. The lowest BCUT2D eigenvalue weighted by Crippen LogP contribution is -2.34. The van der Waals surface area contributed by atoms with Gasteiger partial charge in [-0.05, 0) is 42.7 Å². The molecule has 0 spiro atoms. The number of benzene rings is 2. The molecule has 1 fully saturated rings. The quantitative estimate of drug-likeness (QED) is 0.788. The molecule has 7 heteroatoms. The monoisotopic (exact) mass is 417 g/mol. The number of ether oxygens (including phenoxy) is 3. The van der Waals surface area contributed by atoms with Gasteiger partial charge in [0.2, 0.25) is 10.0 Å². The first-order chi connectivity index (χ1) is 13.9. The van der Waals surface area contributed by atoms with E-state index in [0.29, 0.717) is 5.69 Å². The Morgan fingerprint density at radius 3 is 2.38 bits per heavy atom. The Bertz CT molecular complexity index is 1000. The van der Waals surface area contributed by atoms with E-state index in [1.54, 1.807) is 20.3 Å². The van der Waals surface area contributed by atoms with Crippen molar-refractivity contribution in [3.63, 3.8) is 0 Å². The van der Waals surface area contributed by atoms with Crippen molar-refractivity contribution < 1.29 is 22.6 Å². The second kappa shape index (κ2) is 7.88. The van der Waals surface area contributed by atoms with E-state index in [-0.39, 0.29) is 18.1 Å². The van der Waals surface area contributed by atoms with E-state index < -0.39 is 10.0 Å². The van der Waals surface area contributed by atoms with Crippen molar-refractivity contribution in [1.29, 1.82) is 0 Å². The normalized spacial score (nSPS) is 23.6. The molecule has 1 heterocycles. The topological polar surface area (TPSA) is 73.9 Å². The maximum atomic E-state index is 11.7. The van der Waals surface area contributed by atoms with Crippen molar-refractivity contribution in [2.45, 2.75) is 43.8 Å². The zero-order chi connectivity index (χ0) is 20.6. The molecule has 0 bridgehead atoms. The molecule has 2 aromatic rings. The van der Waals surface area contributed by atoms with Gasteiger partial charge in [0.05, 0.1) is 26.6 Å². The van der Waals surface area contributed by atoms with Crippen LogP contribution in [0.5, 0.6) is 11.5 Å². The Balaban J connectivity index is 1.86. The Morgan fingerprint density at radius 2 is 1.69 bits per heavy atom. The number of sulfonamides is 1. The van der Waals surface area contributed by atoms with E-state index in [4.69, 9.17) is 14.2 Å². The molecule has 4 rings (SSSR count). The number of hydrogen-bond acceptors (Lipinski definition) is 5. The van der Waals surface area contributed by atoms with Crippen LogP contribution in [0.3, 0.4) is 0 Å². The fraction of sp³-hybridized carbons (Fsp3) is 0.455. The first-order valence-electron chi connectivity index (χ1n) is 9.89. The lowest BCUT2D eigenvalue weighted by molar-refractivity contribution is -0.0406. The molecule has 2 aliphatic rings. The summed E-state index contributed by atoms with van der Waals surface area (Å²) >= 11 is 0. The van der Waals surface area contributed by atoms with Crippen LogP contribution in [-0.2, 0) is 14.8 Å². The summed E-state index contributed by atoms with van der Waals surface area (Å²) in [4.78, 5) is 0. The Morgan fingerprint density at radius 1 is 1.00 bits per heavy atom. The lowest BCUT2D eigenvalue weighted by atomic mass is 9.75. The van der Waals surface area contributed by atoms with E-state index in [0.717, 1.165) is 53.7 Å². The number of methoxy groups -OCH3 is 2. The molecule has 6 nitrogen and oxygen atoms in total. The standard InChI is InChI=1S/C22H27NO5S/c1-26-18-11-12-19(27-2)21-20(18)16-9-4-5-10-17(16)28-22(21)14-7-6-8-15(13-14)23-29(3,24)25/h6-8,11-13,16-17,22-23H,4-5,9-10H2,1-3H3/t16-,17-,22+/m1/s1. The van der Waals surface area contributed by atoms with Gasteiger partial charge < -0.3 is 14.2 Å². The van der Waals surface area contributed by atoms with Gasteiger partial charge in [0.25, 0.3) is 0 Å². The first-order valence-corrected chi connectivity index (χ1v) is 11.8. The van der Waals surface area contributed by atoms with Gasteiger partial charge in [0, 0.05) is 22.7 Å². The van der Waals surface area contributed by atoms with E-state index in [9.17, 15) is 8.42 Å². The van der Waals surface area contributed by atoms with Crippen molar-refractivity contribution in [2.75, 3.05) is 25.2 Å². The van der Waals surface area contributed by atoms with Crippen LogP contribution in [0.25, 0.3) is 0 Å². The van der Waals surface area contributed by atoms with Gasteiger partial charge in [-0.3, -0.25) is 4.72 Å². The fourth-order valence-corrected chi connectivity index (χ4v) is 5.22. The molecule has 0 amide bonds. The Labute approximate surface area is 172 Å². The summed E-state index contributed by atoms with van der Waals surface area (Å²) in [5.74, 6) is 1.89. The van der Waals surface area contributed by atoms with Crippen LogP contribution < -0.4 is 14.2 Å². The average Bonchev–Trinajstić information content (AvgIpc) is 2.71. The Hall–Kier alpha value is -2.25. The van der Waals surface area contributed by atoms with Crippen molar-refractivity contribution in [3.05, 3.63) is 53.1 Å². The second-order valence-electron chi connectivity index (χ2n) is 7.74. The van der Waals surface area contributed by atoms with Crippen LogP contribution in [-0.4, -0.2) is 35.0 Å². The van der Waals surface area contributed by atoms with Crippen molar-refractivity contribution in [1.82, 2.24) is 0 Å². The summed E-state index contributed by atoms with van der Waals surface area (Å²) in [6.45, 7) is 0. The number of rotatable bonds is 5. The number of hydrogen-bond donors (Lipinski definition) is 1. The summed E-state index contributed by atoms with van der Waals surface area (Å²) < 4.78 is 44.0. The summed E-state index contributed by atoms with van der Waals surface area (Å²) in [5, 5.41) is 0. The predicted octanol–water partition coefficient (Wildman–Crippen LogP) is 4.22. The highest BCUT2D eigenvalue weighted by Crippen LogP contribution is 2.52. The van der Waals surface area contributed by atoms with Crippen molar-refractivity contribution in [2.24, 2.45) is 0 Å². The molecule has 1 saturated carbocycles. The smallest absolute Gasteiger partial charge is 0.229 e. The van der Waals surface area contributed by atoms with E-state index in [1.807, 2.05) is 30.3 Å². The third kappa shape index (κ3) is 3.94. The molecule has 3 atom stereocenters. The van der Waals surface area contributed by atoms with Gasteiger partial charge in [-0.25, -0.2) is 8.42 Å². The average molecular weight is 418 g/mol. The minimum absolute atomic E-state index is 0.105. The van der Waals surface area contributed by atoms with Gasteiger partial charge >= 0.3 is 0 Å². The number of nitrogens with one attached hydrogen (secondary N) is 1. The molecule has 0 unspecified atom stereocenters. The summed E-state index contributed by atoms with van der Waals surface area (Å²) in [7, 11) is -0.00727. The number of fused-ring (bicyclic) bond motifs is 3. The van der Waals surface area contributed by atoms with Crippen LogP contribution in [0.15, 0.2) is 36.4 Å². The molecule has 0 radical (unpaired) electrons. The minimum Gasteiger partial charge on any atom is -0.496 e. The van der Waals surface area contributed by atoms with Crippen LogP contribution in [0.2, 0.25) is 0 Å². The van der Waals surface area contributed by atoms with Crippen LogP contribution in [0.4, 0.5) is 5.69 Å². The summed E-state index contributed by atoms with van der Waals surface area (Å²) in [5.41, 5.74) is 3.54. The maximum Gasteiger partial charge on any atom is 0.229 e. The van der Waals surface area contributed by atoms with Crippen LogP contribution >= 0.6 is 0 Å². The second-order valence-corrected chi connectivity index (χ2v) is 9.49. The van der Waals surface area contributed by atoms with Crippen molar-refractivity contribution in [3.8, 4) is 11.5 Å². The number of anilines is 1. The molecule has 1 aliphatic heterocycles. The lowest BCUT2D eigenvalue weighted by Gasteiger charge is -2.42. The minimum atomic E-state index is -3.36. The third-order valence-corrected chi connectivity index (χ3v) is 6.39. The molecule has 2 aromatic carbocycles. The highest BCUT2D eigenvalue weighted by molar-refractivity contribution is 7.92. The van der Waals surface area contributed by atoms with Gasteiger partial charge in [0.15, 0.2) is 0 Å². The van der Waals surface area contributed by atoms with Crippen molar-refractivity contribution >= 4 is 15.7 Å². The van der Waals surface area contributed by atoms with E-state index in [1.165, 1.54) is 6.42 Å². The zero-order valence-corrected chi connectivity index (χ0v) is 17.8. The van der Waals surface area contributed by atoms with Gasteiger partial charge in [0.1, 0.15) is 17.6 Å². The SMILES string of the molecule is COc1ccc(OC)c2c1[C@H](c1cccc(NS(C)(=O)=O)c1)O[C@@H]1CCCC[C@@H]21. The summed E-state index contributed by atoms with van der Waals surface area (Å²) in [6.07, 6.45) is 5.27. The van der Waals surface area contributed by atoms with E-state index >= 15 is 0 Å².